The Morgan fingerprint density at radius 3 is 2.91 bits per heavy atom. The minimum Gasteiger partial charge on any atom is -0.332 e. The van der Waals surface area contributed by atoms with Crippen molar-refractivity contribution < 1.29 is 9.59 Å². The molecule has 2 saturated heterocycles. The van der Waals surface area contributed by atoms with Gasteiger partial charge in [0.2, 0.25) is 5.91 Å². The predicted octanol–water partition coefficient (Wildman–Crippen LogP) is 1.58. The summed E-state index contributed by atoms with van der Waals surface area (Å²) in [7, 11) is 0. The molecule has 2 heterocycles. The summed E-state index contributed by atoms with van der Waals surface area (Å²) < 4.78 is 0. The van der Waals surface area contributed by atoms with Gasteiger partial charge in [0.05, 0.1) is 18.6 Å². The molecule has 0 unspecified atom stereocenters. The molecule has 0 radical (unpaired) electrons. The molecule has 3 atom stereocenters. The molecule has 3 rings (SSSR count). The van der Waals surface area contributed by atoms with Crippen LogP contribution < -0.4 is 10.6 Å². The van der Waals surface area contributed by atoms with E-state index in [0.29, 0.717) is 24.1 Å². The van der Waals surface area contributed by atoms with Gasteiger partial charge in [-0.1, -0.05) is 12.3 Å². The van der Waals surface area contributed by atoms with Crippen LogP contribution in [-0.2, 0) is 4.79 Å². The van der Waals surface area contributed by atoms with E-state index in [2.05, 4.69) is 16.6 Å². The first-order valence-electron chi connectivity index (χ1n) is 8.57. The third-order valence-electron chi connectivity index (χ3n) is 4.88. The summed E-state index contributed by atoms with van der Waals surface area (Å²) in [6.45, 7) is 1.28. The average molecular weight is 335 g/mol. The Balaban J connectivity index is 1.35. The topological polar surface area (TPSA) is 61.4 Å². The number of carbonyl (C=O) groups is 2. The highest BCUT2D eigenvalue weighted by Crippen LogP contribution is 2.33. The highest BCUT2D eigenvalue weighted by molar-refractivity contribution is 8.00. The zero-order valence-corrected chi connectivity index (χ0v) is 14.2. The minimum absolute atomic E-state index is 0.0366. The van der Waals surface area contributed by atoms with Crippen LogP contribution in [-0.4, -0.2) is 53.0 Å². The molecule has 1 saturated carbocycles. The summed E-state index contributed by atoms with van der Waals surface area (Å²) in [6.07, 6.45) is 11.4. The van der Waals surface area contributed by atoms with Gasteiger partial charge in [0.25, 0.3) is 0 Å². The third-order valence-corrected chi connectivity index (χ3v) is 6.39. The van der Waals surface area contributed by atoms with E-state index in [1.165, 1.54) is 12.8 Å². The molecule has 3 amide bonds. The molecule has 0 spiro atoms. The molecule has 0 aromatic heterocycles. The van der Waals surface area contributed by atoms with Gasteiger partial charge in [-0.25, -0.2) is 4.79 Å². The highest BCUT2D eigenvalue weighted by Gasteiger charge is 2.42. The fourth-order valence-corrected chi connectivity index (χ4v) is 4.94. The number of terminal acetylenes is 1. The van der Waals surface area contributed by atoms with Gasteiger partial charge in [0.15, 0.2) is 0 Å². The first kappa shape index (κ1) is 16.5. The molecular formula is C17H25N3O2S. The Bertz CT molecular complexity index is 501. The van der Waals surface area contributed by atoms with Crippen molar-refractivity contribution in [1.29, 1.82) is 0 Å². The van der Waals surface area contributed by atoms with Crippen molar-refractivity contribution in [3.8, 4) is 12.3 Å². The van der Waals surface area contributed by atoms with E-state index in [0.717, 1.165) is 31.6 Å². The molecule has 2 aliphatic heterocycles. The van der Waals surface area contributed by atoms with Crippen LogP contribution >= 0.6 is 11.8 Å². The maximum atomic E-state index is 12.3. The number of urea groups is 1. The van der Waals surface area contributed by atoms with E-state index < -0.39 is 0 Å². The van der Waals surface area contributed by atoms with Crippen LogP contribution in [0.2, 0.25) is 0 Å². The van der Waals surface area contributed by atoms with Crippen molar-refractivity contribution in [2.75, 3.05) is 18.8 Å². The van der Waals surface area contributed by atoms with Gasteiger partial charge in [-0.2, -0.15) is 11.8 Å². The van der Waals surface area contributed by atoms with Crippen LogP contribution in [0.1, 0.15) is 38.5 Å². The maximum Gasteiger partial charge on any atom is 0.315 e. The summed E-state index contributed by atoms with van der Waals surface area (Å²) in [4.78, 5) is 25.5. The Morgan fingerprint density at radius 1 is 1.35 bits per heavy atom. The van der Waals surface area contributed by atoms with Gasteiger partial charge in [-0.15, -0.1) is 6.42 Å². The lowest BCUT2D eigenvalue weighted by molar-refractivity contribution is -0.130. The van der Waals surface area contributed by atoms with Crippen LogP contribution in [0.15, 0.2) is 0 Å². The number of rotatable bonds is 8. The normalized spacial score (nSPS) is 28.7. The number of nitrogens with zero attached hydrogens (tertiary/aromatic N) is 1. The Hall–Kier alpha value is -1.35. The predicted molar refractivity (Wildman–Crippen MR) is 92.1 cm³/mol. The standard InChI is InChI=1S/C17H25N3O2S/c1-2-9-20(10-12-7-8-12)15(21)6-4-3-5-14-16-13(11-23-14)18-17(22)19-16/h1,12-14,16H,3-11H2,(H2,18,19,22)/t13-,14-,16-/m0/s1. The molecule has 23 heavy (non-hydrogen) atoms. The molecule has 1 aliphatic carbocycles. The summed E-state index contributed by atoms with van der Waals surface area (Å²) in [5.41, 5.74) is 0. The van der Waals surface area contributed by atoms with Gasteiger partial charge in [0, 0.05) is 24.0 Å². The van der Waals surface area contributed by atoms with Crippen LogP contribution in [0, 0.1) is 18.3 Å². The number of unbranched alkanes of at least 4 members (excludes halogenated alkanes) is 1. The summed E-state index contributed by atoms with van der Waals surface area (Å²) >= 11 is 1.93. The number of carbonyl (C=O) groups excluding carboxylic acids is 2. The monoisotopic (exact) mass is 335 g/mol. The molecule has 3 aliphatic rings. The van der Waals surface area contributed by atoms with E-state index in [-0.39, 0.29) is 24.0 Å². The van der Waals surface area contributed by atoms with Gasteiger partial charge in [-0.3, -0.25) is 4.79 Å². The number of hydrogen-bond acceptors (Lipinski definition) is 3. The number of amides is 3. The highest BCUT2D eigenvalue weighted by atomic mass is 32.2. The van der Waals surface area contributed by atoms with Crippen LogP contribution in [0.3, 0.4) is 0 Å². The van der Waals surface area contributed by atoms with Crippen molar-refractivity contribution in [2.24, 2.45) is 5.92 Å². The average Bonchev–Trinajstić information content (AvgIpc) is 3.16. The summed E-state index contributed by atoms with van der Waals surface area (Å²) in [5.74, 6) is 4.47. The molecule has 0 aromatic rings. The second-order valence-corrected chi connectivity index (χ2v) is 8.06. The van der Waals surface area contributed by atoms with Gasteiger partial charge < -0.3 is 15.5 Å². The first-order chi connectivity index (χ1) is 11.2. The van der Waals surface area contributed by atoms with Crippen molar-refractivity contribution in [1.82, 2.24) is 15.5 Å². The molecule has 6 heteroatoms. The number of hydrogen-bond donors (Lipinski definition) is 2. The van der Waals surface area contributed by atoms with Crippen molar-refractivity contribution >= 4 is 23.7 Å². The SMILES string of the molecule is C#CCN(CC1CC1)C(=O)CCCC[C@@H]1SC[C@@H]2NC(=O)N[C@@H]21. The van der Waals surface area contributed by atoms with E-state index in [4.69, 9.17) is 6.42 Å². The van der Waals surface area contributed by atoms with E-state index in [1.807, 2.05) is 16.7 Å². The number of fused-ring (bicyclic) bond motifs is 1. The number of thioether (sulfide) groups is 1. The molecule has 3 fully saturated rings. The van der Waals surface area contributed by atoms with Gasteiger partial charge in [-0.05, 0) is 31.6 Å². The van der Waals surface area contributed by atoms with Gasteiger partial charge >= 0.3 is 6.03 Å². The van der Waals surface area contributed by atoms with Crippen LogP contribution in [0.4, 0.5) is 4.79 Å². The Morgan fingerprint density at radius 2 is 2.17 bits per heavy atom. The van der Waals surface area contributed by atoms with E-state index in [9.17, 15) is 9.59 Å². The Kier molecular flexibility index (Phi) is 5.37. The minimum atomic E-state index is -0.0366. The van der Waals surface area contributed by atoms with E-state index in [1.54, 1.807) is 0 Å². The lowest BCUT2D eigenvalue weighted by atomic mass is 10.0. The van der Waals surface area contributed by atoms with Crippen molar-refractivity contribution in [3.05, 3.63) is 0 Å². The van der Waals surface area contributed by atoms with Gasteiger partial charge in [0.1, 0.15) is 0 Å². The first-order valence-corrected chi connectivity index (χ1v) is 9.62. The Labute approximate surface area is 142 Å². The second-order valence-electron chi connectivity index (χ2n) is 6.79. The molecular weight excluding hydrogens is 310 g/mol. The largest absolute Gasteiger partial charge is 0.332 e. The zero-order valence-electron chi connectivity index (χ0n) is 13.4. The van der Waals surface area contributed by atoms with E-state index >= 15 is 0 Å². The smallest absolute Gasteiger partial charge is 0.315 e. The second kappa shape index (κ2) is 7.48. The lowest BCUT2D eigenvalue weighted by Crippen LogP contribution is -2.36. The fourth-order valence-electron chi connectivity index (χ4n) is 3.40. The quantitative estimate of drug-likeness (QED) is 0.402. The third kappa shape index (κ3) is 4.35. The molecule has 126 valence electrons. The van der Waals surface area contributed by atoms with Crippen LogP contribution in [0.5, 0.6) is 0 Å². The molecule has 0 bridgehead atoms. The zero-order chi connectivity index (χ0) is 16.2. The lowest BCUT2D eigenvalue weighted by Gasteiger charge is -2.20. The van der Waals surface area contributed by atoms with Crippen molar-refractivity contribution in [3.63, 3.8) is 0 Å². The fraction of sp³-hybridized carbons (Fsp3) is 0.765. The molecule has 5 nitrogen and oxygen atoms in total. The summed E-state index contributed by atoms with van der Waals surface area (Å²) in [6, 6.07) is 0.505. The maximum absolute atomic E-state index is 12.3. The summed E-state index contributed by atoms with van der Waals surface area (Å²) in [5, 5.41) is 6.44. The van der Waals surface area contributed by atoms with Crippen molar-refractivity contribution in [2.45, 2.75) is 55.9 Å². The molecule has 0 aromatic carbocycles. The number of nitrogens with one attached hydrogen (secondary N) is 2. The molecule has 2 N–H and O–H groups in total. The van der Waals surface area contributed by atoms with Crippen LogP contribution in [0.25, 0.3) is 0 Å².